The summed E-state index contributed by atoms with van der Waals surface area (Å²) in [7, 11) is 0. The van der Waals surface area contributed by atoms with Gasteiger partial charge in [-0.05, 0) is 30.7 Å². The quantitative estimate of drug-likeness (QED) is 0.811. The molecule has 0 bridgehead atoms. The van der Waals surface area contributed by atoms with Crippen LogP contribution in [0.3, 0.4) is 0 Å². The van der Waals surface area contributed by atoms with Gasteiger partial charge in [-0.1, -0.05) is 53.0 Å². The molecular formula is C19H20Cl2N2O2. The summed E-state index contributed by atoms with van der Waals surface area (Å²) in [6.07, 6.45) is 0.190. The van der Waals surface area contributed by atoms with E-state index in [4.69, 9.17) is 23.2 Å². The molecule has 0 aliphatic heterocycles. The van der Waals surface area contributed by atoms with E-state index < -0.39 is 0 Å². The number of nitrogens with zero attached hydrogens (tertiary/aromatic N) is 1. The van der Waals surface area contributed by atoms with Crippen LogP contribution in [0.15, 0.2) is 42.5 Å². The molecule has 0 saturated carbocycles. The van der Waals surface area contributed by atoms with Crippen LogP contribution in [0.2, 0.25) is 10.0 Å². The van der Waals surface area contributed by atoms with Crippen LogP contribution < -0.4 is 10.2 Å². The van der Waals surface area contributed by atoms with Gasteiger partial charge in [0.15, 0.2) is 0 Å². The van der Waals surface area contributed by atoms with Gasteiger partial charge in [0.1, 0.15) is 0 Å². The van der Waals surface area contributed by atoms with Gasteiger partial charge in [-0.15, -0.1) is 0 Å². The first kappa shape index (κ1) is 19.3. The van der Waals surface area contributed by atoms with E-state index >= 15 is 0 Å². The van der Waals surface area contributed by atoms with Crippen molar-refractivity contribution in [3.8, 4) is 0 Å². The third kappa shape index (κ3) is 6.07. The standard InChI is InChI=1S/C19H20Cl2N2O2/c1-13-4-3-5-15(8-13)12-22-19(25)6-7-23(14(2)24)18-10-16(20)9-17(21)11-18/h3-5,8-11H,6-7,12H2,1-2H3,(H,22,25). The van der Waals surface area contributed by atoms with Crippen molar-refractivity contribution in [3.05, 3.63) is 63.6 Å². The number of rotatable bonds is 6. The lowest BCUT2D eigenvalue weighted by molar-refractivity contribution is -0.121. The lowest BCUT2D eigenvalue weighted by Crippen LogP contribution is -2.33. The van der Waals surface area contributed by atoms with Crippen LogP contribution in [0, 0.1) is 6.92 Å². The number of carbonyl (C=O) groups excluding carboxylic acids is 2. The Labute approximate surface area is 157 Å². The van der Waals surface area contributed by atoms with E-state index in [1.165, 1.54) is 11.8 Å². The number of carbonyl (C=O) groups is 2. The Balaban J connectivity index is 1.94. The smallest absolute Gasteiger partial charge is 0.223 e. The number of hydrogen-bond acceptors (Lipinski definition) is 2. The van der Waals surface area contributed by atoms with Gasteiger partial charge in [-0.3, -0.25) is 9.59 Å². The molecule has 0 unspecified atom stereocenters. The number of anilines is 1. The van der Waals surface area contributed by atoms with E-state index in [2.05, 4.69) is 5.32 Å². The lowest BCUT2D eigenvalue weighted by atomic mass is 10.1. The first-order valence-corrected chi connectivity index (χ1v) is 8.67. The van der Waals surface area contributed by atoms with Gasteiger partial charge in [0.25, 0.3) is 0 Å². The minimum atomic E-state index is -0.176. The van der Waals surface area contributed by atoms with Crippen LogP contribution in [0.25, 0.3) is 0 Å². The Bertz CT molecular complexity index is 758. The molecule has 0 heterocycles. The van der Waals surface area contributed by atoms with Crippen LogP contribution >= 0.6 is 23.2 Å². The summed E-state index contributed by atoms with van der Waals surface area (Å²) in [5.41, 5.74) is 2.77. The molecule has 0 spiro atoms. The maximum absolute atomic E-state index is 12.1. The summed E-state index contributed by atoms with van der Waals surface area (Å²) in [6.45, 7) is 4.17. The number of nitrogens with one attached hydrogen (secondary N) is 1. The molecule has 0 atom stereocenters. The summed E-state index contributed by atoms with van der Waals surface area (Å²) in [5.74, 6) is -0.300. The van der Waals surface area contributed by atoms with E-state index in [0.29, 0.717) is 22.3 Å². The second-order valence-electron chi connectivity index (χ2n) is 5.81. The molecule has 0 saturated heterocycles. The van der Waals surface area contributed by atoms with Gasteiger partial charge in [0.2, 0.25) is 11.8 Å². The fraction of sp³-hybridized carbons (Fsp3) is 0.263. The normalized spacial score (nSPS) is 10.4. The minimum Gasteiger partial charge on any atom is -0.352 e. The third-order valence-corrected chi connectivity index (χ3v) is 4.11. The van der Waals surface area contributed by atoms with Gasteiger partial charge in [-0.2, -0.15) is 0 Å². The Morgan fingerprint density at radius 2 is 1.76 bits per heavy atom. The largest absolute Gasteiger partial charge is 0.352 e. The van der Waals surface area contributed by atoms with Crippen molar-refractivity contribution >= 4 is 40.7 Å². The minimum absolute atomic E-state index is 0.124. The monoisotopic (exact) mass is 378 g/mol. The lowest BCUT2D eigenvalue weighted by Gasteiger charge is -2.21. The molecule has 2 amide bonds. The van der Waals surface area contributed by atoms with Crippen molar-refractivity contribution in [2.24, 2.45) is 0 Å². The van der Waals surface area contributed by atoms with Crippen LogP contribution in [0.1, 0.15) is 24.5 Å². The SMILES string of the molecule is CC(=O)N(CCC(=O)NCc1cccc(C)c1)c1cc(Cl)cc(Cl)c1. The fourth-order valence-electron chi connectivity index (χ4n) is 2.49. The van der Waals surface area contributed by atoms with E-state index in [1.54, 1.807) is 18.2 Å². The van der Waals surface area contributed by atoms with Crippen molar-refractivity contribution in [2.45, 2.75) is 26.8 Å². The third-order valence-electron chi connectivity index (χ3n) is 3.67. The molecular weight excluding hydrogens is 359 g/mol. The molecule has 0 aromatic heterocycles. The molecule has 1 N–H and O–H groups in total. The Kier molecular flexibility index (Phi) is 6.85. The molecule has 132 valence electrons. The van der Waals surface area contributed by atoms with E-state index in [9.17, 15) is 9.59 Å². The molecule has 2 aromatic carbocycles. The number of halogens is 2. The predicted octanol–water partition coefficient (Wildman–Crippen LogP) is 4.36. The summed E-state index contributed by atoms with van der Waals surface area (Å²) >= 11 is 12.0. The number of benzene rings is 2. The highest BCUT2D eigenvalue weighted by molar-refractivity contribution is 6.35. The van der Waals surface area contributed by atoms with Gasteiger partial charge < -0.3 is 10.2 Å². The zero-order valence-corrected chi connectivity index (χ0v) is 15.7. The summed E-state index contributed by atoms with van der Waals surface area (Å²) in [4.78, 5) is 25.5. The topological polar surface area (TPSA) is 49.4 Å². The number of aryl methyl sites for hydroxylation is 1. The highest BCUT2D eigenvalue weighted by atomic mass is 35.5. The molecule has 0 radical (unpaired) electrons. The predicted molar refractivity (Wildman–Crippen MR) is 102 cm³/mol. The van der Waals surface area contributed by atoms with Crippen LogP contribution in [0.4, 0.5) is 5.69 Å². The zero-order valence-electron chi connectivity index (χ0n) is 14.2. The van der Waals surface area contributed by atoms with Crippen molar-refractivity contribution in [1.29, 1.82) is 0 Å². The summed E-state index contributed by atoms with van der Waals surface area (Å²) in [6, 6.07) is 12.8. The molecule has 2 rings (SSSR count). The maximum Gasteiger partial charge on any atom is 0.223 e. The molecule has 0 aliphatic carbocycles. The fourth-order valence-corrected chi connectivity index (χ4v) is 3.00. The molecule has 4 nitrogen and oxygen atoms in total. The van der Waals surface area contributed by atoms with Crippen LogP contribution in [-0.4, -0.2) is 18.4 Å². The molecule has 6 heteroatoms. The Morgan fingerprint density at radius 1 is 1.08 bits per heavy atom. The average Bonchev–Trinajstić information content (AvgIpc) is 2.52. The molecule has 0 fully saturated rings. The number of amides is 2. The first-order chi connectivity index (χ1) is 11.8. The van der Waals surface area contributed by atoms with E-state index in [1.807, 2.05) is 31.2 Å². The van der Waals surface area contributed by atoms with Gasteiger partial charge >= 0.3 is 0 Å². The van der Waals surface area contributed by atoms with Gasteiger partial charge in [0, 0.05) is 42.2 Å². The number of hydrogen-bond donors (Lipinski definition) is 1. The van der Waals surface area contributed by atoms with Crippen molar-refractivity contribution in [2.75, 3.05) is 11.4 Å². The van der Waals surface area contributed by atoms with Gasteiger partial charge in [0.05, 0.1) is 0 Å². The Hall–Kier alpha value is -2.04. The van der Waals surface area contributed by atoms with E-state index in [0.717, 1.165) is 11.1 Å². The zero-order chi connectivity index (χ0) is 18.4. The second-order valence-corrected chi connectivity index (χ2v) is 6.69. The van der Waals surface area contributed by atoms with Crippen LogP contribution in [-0.2, 0) is 16.1 Å². The average molecular weight is 379 g/mol. The molecule has 2 aromatic rings. The first-order valence-electron chi connectivity index (χ1n) is 7.91. The summed E-state index contributed by atoms with van der Waals surface area (Å²) < 4.78 is 0. The second kappa shape index (κ2) is 8.88. The van der Waals surface area contributed by atoms with Crippen molar-refractivity contribution in [1.82, 2.24) is 5.32 Å². The van der Waals surface area contributed by atoms with E-state index in [-0.39, 0.29) is 24.8 Å². The van der Waals surface area contributed by atoms with Gasteiger partial charge in [-0.25, -0.2) is 0 Å². The van der Waals surface area contributed by atoms with Crippen molar-refractivity contribution in [3.63, 3.8) is 0 Å². The maximum atomic E-state index is 12.1. The highest BCUT2D eigenvalue weighted by Gasteiger charge is 2.14. The molecule has 25 heavy (non-hydrogen) atoms. The Morgan fingerprint density at radius 3 is 2.36 bits per heavy atom. The van der Waals surface area contributed by atoms with Crippen LogP contribution in [0.5, 0.6) is 0 Å². The summed E-state index contributed by atoms with van der Waals surface area (Å²) in [5, 5.41) is 3.75. The van der Waals surface area contributed by atoms with Crippen molar-refractivity contribution < 1.29 is 9.59 Å². The highest BCUT2D eigenvalue weighted by Crippen LogP contribution is 2.25. The molecule has 0 aliphatic rings.